The molecule has 0 aromatic heterocycles. The Balaban J connectivity index is 0. The van der Waals surface area contributed by atoms with Gasteiger partial charge in [0.05, 0.1) is 26.7 Å². The fourth-order valence-corrected chi connectivity index (χ4v) is 0.781. The van der Waals surface area contributed by atoms with Gasteiger partial charge in [0.1, 0.15) is 6.54 Å². The second-order valence-electron chi connectivity index (χ2n) is 2.70. The molecule has 0 saturated heterocycles. The standard InChI is InChI=1S/C7H18NO.HI/c1-4-8(3,5-2)6-7-9;/h9H,4-7H2,1-3H3;1H/q+1;/p-1. The van der Waals surface area contributed by atoms with Crippen molar-refractivity contribution in [3.05, 3.63) is 0 Å². The lowest BCUT2D eigenvalue weighted by atomic mass is 10.4. The molecule has 10 heavy (non-hydrogen) atoms. The summed E-state index contributed by atoms with van der Waals surface area (Å²) in [6, 6.07) is 0. The number of likely N-dealkylation sites (N-methyl/N-ethyl adjacent to an activating group) is 1. The molecule has 0 aliphatic carbocycles. The molecule has 3 heteroatoms. The third-order valence-corrected chi connectivity index (χ3v) is 2.17. The molecule has 0 aliphatic heterocycles. The molecule has 0 spiro atoms. The van der Waals surface area contributed by atoms with Gasteiger partial charge in [-0.3, -0.25) is 0 Å². The number of aliphatic hydroxyl groups excluding tert-OH is 1. The van der Waals surface area contributed by atoms with Crippen LogP contribution in [-0.2, 0) is 0 Å². The van der Waals surface area contributed by atoms with Crippen LogP contribution < -0.4 is 24.0 Å². The van der Waals surface area contributed by atoms with E-state index in [1.165, 1.54) is 0 Å². The summed E-state index contributed by atoms with van der Waals surface area (Å²) in [6.45, 7) is 7.71. The minimum Gasteiger partial charge on any atom is -1.00 e. The van der Waals surface area contributed by atoms with Gasteiger partial charge in [-0.05, 0) is 13.8 Å². The Kier molecular flexibility index (Phi) is 8.44. The molecule has 0 heterocycles. The maximum Gasteiger partial charge on any atom is 0.102 e. The van der Waals surface area contributed by atoms with E-state index >= 15 is 0 Å². The summed E-state index contributed by atoms with van der Waals surface area (Å²) < 4.78 is 0.983. The van der Waals surface area contributed by atoms with Crippen LogP contribution in [0.2, 0.25) is 0 Å². The van der Waals surface area contributed by atoms with Crippen molar-refractivity contribution < 1.29 is 33.6 Å². The summed E-state index contributed by atoms with van der Waals surface area (Å²) in [4.78, 5) is 0. The van der Waals surface area contributed by atoms with Crippen LogP contribution in [-0.4, -0.2) is 42.9 Å². The van der Waals surface area contributed by atoms with Crippen molar-refractivity contribution in [3.63, 3.8) is 0 Å². The molecule has 0 unspecified atom stereocenters. The fourth-order valence-electron chi connectivity index (χ4n) is 0.781. The summed E-state index contributed by atoms with van der Waals surface area (Å²) in [7, 11) is 2.16. The lowest BCUT2D eigenvalue weighted by molar-refractivity contribution is -0.906. The summed E-state index contributed by atoms with van der Waals surface area (Å²) in [6.07, 6.45) is 0. The zero-order valence-corrected chi connectivity index (χ0v) is 9.26. The first-order valence-corrected chi connectivity index (χ1v) is 3.63. The zero-order chi connectivity index (χ0) is 7.33. The number of aliphatic hydroxyl groups is 1. The van der Waals surface area contributed by atoms with Crippen molar-refractivity contribution in [2.24, 2.45) is 0 Å². The first-order valence-electron chi connectivity index (χ1n) is 3.63. The smallest absolute Gasteiger partial charge is 0.102 e. The molecule has 0 radical (unpaired) electrons. The van der Waals surface area contributed by atoms with Gasteiger partial charge in [0.15, 0.2) is 0 Å². The van der Waals surface area contributed by atoms with Crippen LogP contribution in [0, 0.1) is 0 Å². The highest BCUT2D eigenvalue weighted by Crippen LogP contribution is 1.98. The normalized spacial score (nSPS) is 10.8. The molecule has 0 amide bonds. The van der Waals surface area contributed by atoms with Crippen molar-refractivity contribution in [2.75, 3.05) is 33.3 Å². The molecule has 1 N–H and O–H groups in total. The van der Waals surface area contributed by atoms with Crippen molar-refractivity contribution in [2.45, 2.75) is 13.8 Å². The highest BCUT2D eigenvalue weighted by Gasteiger charge is 2.13. The Morgan fingerprint density at radius 3 is 1.70 bits per heavy atom. The van der Waals surface area contributed by atoms with Crippen molar-refractivity contribution in [1.29, 1.82) is 0 Å². The predicted octanol–water partition coefficient (Wildman–Crippen LogP) is -2.53. The molecule has 0 atom stereocenters. The van der Waals surface area contributed by atoms with Gasteiger partial charge < -0.3 is 33.6 Å². The summed E-state index contributed by atoms with van der Waals surface area (Å²) >= 11 is 0. The van der Waals surface area contributed by atoms with Crippen molar-refractivity contribution in [1.82, 2.24) is 0 Å². The Hall–Kier alpha value is 0.650. The van der Waals surface area contributed by atoms with E-state index in [4.69, 9.17) is 5.11 Å². The Morgan fingerprint density at radius 1 is 1.20 bits per heavy atom. The van der Waals surface area contributed by atoms with Crippen LogP contribution in [0.5, 0.6) is 0 Å². The highest BCUT2D eigenvalue weighted by atomic mass is 127. The maximum atomic E-state index is 8.65. The number of nitrogens with zero attached hydrogens (tertiary/aromatic N) is 1. The van der Waals surface area contributed by atoms with Crippen LogP contribution in [0.25, 0.3) is 0 Å². The zero-order valence-electron chi connectivity index (χ0n) is 7.10. The number of quaternary nitrogens is 1. The van der Waals surface area contributed by atoms with Gasteiger partial charge in [-0.1, -0.05) is 0 Å². The summed E-state index contributed by atoms with van der Waals surface area (Å²) in [5.74, 6) is 0. The van der Waals surface area contributed by atoms with Gasteiger partial charge in [0, 0.05) is 0 Å². The second-order valence-corrected chi connectivity index (χ2v) is 2.70. The predicted molar refractivity (Wildman–Crippen MR) is 39.2 cm³/mol. The van der Waals surface area contributed by atoms with E-state index in [1.54, 1.807) is 0 Å². The van der Waals surface area contributed by atoms with Crippen LogP contribution in [0.3, 0.4) is 0 Å². The third-order valence-electron chi connectivity index (χ3n) is 2.17. The minimum atomic E-state index is 0. The minimum absolute atomic E-state index is 0. The quantitative estimate of drug-likeness (QED) is 0.436. The molecule has 0 aromatic carbocycles. The second kappa shape index (κ2) is 6.37. The van der Waals surface area contributed by atoms with Gasteiger partial charge in [-0.2, -0.15) is 0 Å². The molecule has 0 rings (SSSR count). The Morgan fingerprint density at radius 2 is 1.60 bits per heavy atom. The van der Waals surface area contributed by atoms with Gasteiger partial charge in [-0.15, -0.1) is 0 Å². The fraction of sp³-hybridized carbons (Fsp3) is 1.00. The topological polar surface area (TPSA) is 20.2 Å². The monoisotopic (exact) mass is 259 g/mol. The third kappa shape index (κ3) is 4.46. The number of rotatable bonds is 4. The van der Waals surface area contributed by atoms with Crippen LogP contribution in [0.1, 0.15) is 13.8 Å². The van der Waals surface area contributed by atoms with E-state index in [1.807, 2.05) is 0 Å². The summed E-state index contributed by atoms with van der Waals surface area (Å²) in [5, 5.41) is 8.65. The number of hydrogen-bond acceptors (Lipinski definition) is 1. The van der Waals surface area contributed by atoms with E-state index in [0.29, 0.717) is 6.61 Å². The molecule has 0 aromatic rings. The average Bonchev–Trinajstić information content (AvgIpc) is 1.89. The lowest BCUT2D eigenvalue weighted by Crippen LogP contribution is -3.00. The number of halogens is 1. The SMILES string of the molecule is CC[N+](C)(CC)CCO.[I-]. The van der Waals surface area contributed by atoms with Gasteiger partial charge >= 0.3 is 0 Å². The van der Waals surface area contributed by atoms with E-state index in [0.717, 1.165) is 24.1 Å². The highest BCUT2D eigenvalue weighted by molar-refractivity contribution is 4.30. The Labute approximate surface area is 80.8 Å². The summed E-state index contributed by atoms with van der Waals surface area (Å²) in [5.41, 5.74) is 0. The Bertz CT molecular complexity index is 74.0. The van der Waals surface area contributed by atoms with Crippen molar-refractivity contribution >= 4 is 0 Å². The molecule has 0 fully saturated rings. The average molecular weight is 259 g/mol. The van der Waals surface area contributed by atoms with Crippen LogP contribution in [0.15, 0.2) is 0 Å². The van der Waals surface area contributed by atoms with E-state index < -0.39 is 0 Å². The first-order chi connectivity index (χ1) is 4.18. The number of hydrogen-bond donors (Lipinski definition) is 1. The van der Waals surface area contributed by atoms with E-state index in [9.17, 15) is 0 Å². The molecular formula is C7H18INO. The molecular weight excluding hydrogens is 241 g/mol. The van der Waals surface area contributed by atoms with E-state index in [2.05, 4.69) is 20.9 Å². The largest absolute Gasteiger partial charge is 1.00 e. The lowest BCUT2D eigenvalue weighted by Gasteiger charge is -2.31. The molecule has 0 saturated carbocycles. The maximum absolute atomic E-state index is 8.65. The van der Waals surface area contributed by atoms with Gasteiger partial charge in [-0.25, -0.2) is 0 Å². The molecule has 0 aliphatic rings. The molecule has 2 nitrogen and oxygen atoms in total. The van der Waals surface area contributed by atoms with E-state index in [-0.39, 0.29) is 24.0 Å². The first kappa shape index (κ1) is 13.3. The molecule has 64 valence electrons. The van der Waals surface area contributed by atoms with Crippen LogP contribution in [0.4, 0.5) is 0 Å². The van der Waals surface area contributed by atoms with Gasteiger partial charge in [0.2, 0.25) is 0 Å². The molecule has 0 bridgehead atoms. The van der Waals surface area contributed by atoms with Crippen LogP contribution >= 0.6 is 0 Å². The van der Waals surface area contributed by atoms with Crippen molar-refractivity contribution in [3.8, 4) is 0 Å². The van der Waals surface area contributed by atoms with Gasteiger partial charge in [0.25, 0.3) is 0 Å².